The Hall–Kier alpha value is -2.61. The van der Waals surface area contributed by atoms with Crippen LogP contribution in [0.4, 0.5) is 5.82 Å². The summed E-state index contributed by atoms with van der Waals surface area (Å²) >= 11 is 0. The molecule has 4 rings (SSSR count). The van der Waals surface area contributed by atoms with Gasteiger partial charge in [0.1, 0.15) is 11.6 Å². The second-order valence-corrected chi connectivity index (χ2v) is 7.87. The van der Waals surface area contributed by atoms with Gasteiger partial charge < -0.3 is 4.90 Å². The molecule has 1 aliphatic rings. The number of fused-ring (bicyclic) bond motifs is 1. The smallest absolute Gasteiger partial charge is 0.178 e. The highest BCUT2D eigenvalue weighted by Gasteiger charge is 2.32. The highest BCUT2D eigenvalue weighted by molar-refractivity contribution is 5.48. The normalized spacial score (nSPS) is 15.7. The second-order valence-electron chi connectivity index (χ2n) is 7.87. The Morgan fingerprint density at radius 2 is 1.85 bits per heavy atom. The van der Waals surface area contributed by atoms with E-state index in [0.29, 0.717) is 6.04 Å². The average molecular weight is 352 g/mol. The van der Waals surface area contributed by atoms with E-state index in [2.05, 4.69) is 57.8 Å². The number of likely N-dealkylation sites (N-methyl/N-ethyl adjacent to an activating group) is 1. The van der Waals surface area contributed by atoms with Crippen LogP contribution < -0.4 is 4.90 Å². The summed E-state index contributed by atoms with van der Waals surface area (Å²) in [5.41, 5.74) is 0.687. The summed E-state index contributed by atoms with van der Waals surface area (Å²) in [4.78, 5) is 13.2. The fraction of sp³-hybridized carbons (Fsp3) is 0.500. The molecule has 0 spiro atoms. The van der Waals surface area contributed by atoms with Crippen LogP contribution in [0.2, 0.25) is 0 Å². The molecular weight excluding hydrogens is 328 g/mol. The lowest BCUT2D eigenvalue weighted by molar-refractivity contribution is 0.192. The third-order valence-electron chi connectivity index (χ3n) is 4.74. The van der Waals surface area contributed by atoms with Crippen molar-refractivity contribution in [2.75, 3.05) is 25.0 Å². The van der Waals surface area contributed by atoms with Crippen molar-refractivity contribution in [2.45, 2.75) is 38.8 Å². The lowest BCUT2D eigenvalue weighted by atomic mass is 9.96. The van der Waals surface area contributed by atoms with Crippen molar-refractivity contribution >= 4 is 11.5 Å². The van der Waals surface area contributed by atoms with Gasteiger partial charge in [0.15, 0.2) is 11.5 Å². The Balaban J connectivity index is 1.45. The largest absolute Gasteiger partial charge is 0.352 e. The number of anilines is 1. The SMILES string of the molecule is CN(Cc1ncccn1)C1CN(c2ccc3nnc(C(C)(C)C)n3n2)C1. The van der Waals surface area contributed by atoms with Crippen molar-refractivity contribution in [1.82, 2.24) is 34.7 Å². The number of hydrogen-bond acceptors (Lipinski definition) is 7. The highest BCUT2D eigenvalue weighted by atomic mass is 15.4. The van der Waals surface area contributed by atoms with Gasteiger partial charge in [0, 0.05) is 36.9 Å². The summed E-state index contributed by atoms with van der Waals surface area (Å²) in [6.45, 7) is 9.00. The summed E-state index contributed by atoms with van der Waals surface area (Å²) in [6, 6.07) is 6.32. The van der Waals surface area contributed by atoms with Gasteiger partial charge in [-0.15, -0.1) is 15.3 Å². The zero-order chi connectivity index (χ0) is 18.3. The number of nitrogens with zero attached hydrogens (tertiary/aromatic N) is 8. The van der Waals surface area contributed by atoms with E-state index in [4.69, 9.17) is 5.10 Å². The molecule has 0 N–H and O–H groups in total. The molecule has 0 aromatic carbocycles. The Morgan fingerprint density at radius 3 is 2.54 bits per heavy atom. The van der Waals surface area contributed by atoms with Gasteiger partial charge in [0.2, 0.25) is 0 Å². The van der Waals surface area contributed by atoms with Crippen molar-refractivity contribution in [3.63, 3.8) is 0 Å². The third kappa shape index (κ3) is 3.12. The van der Waals surface area contributed by atoms with E-state index in [0.717, 1.165) is 42.7 Å². The molecule has 1 fully saturated rings. The van der Waals surface area contributed by atoms with Crippen molar-refractivity contribution in [3.8, 4) is 0 Å². The molecule has 0 amide bonds. The van der Waals surface area contributed by atoms with E-state index in [1.165, 1.54) is 0 Å². The fourth-order valence-corrected chi connectivity index (χ4v) is 3.10. The molecule has 0 radical (unpaired) electrons. The van der Waals surface area contributed by atoms with Crippen LogP contribution in [-0.2, 0) is 12.0 Å². The minimum Gasteiger partial charge on any atom is -0.352 e. The maximum Gasteiger partial charge on any atom is 0.178 e. The third-order valence-corrected chi connectivity index (χ3v) is 4.74. The summed E-state index contributed by atoms with van der Waals surface area (Å²) in [5.74, 6) is 2.69. The Bertz CT molecular complexity index is 892. The Kier molecular flexibility index (Phi) is 4.07. The zero-order valence-electron chi connectivity index (χ0n) is 15.7. The molecule has 0 atom stereocenters. The van der Waals surface area contributed by atoms with Crippen LogP contribution in [0.1, 0.15) is 32.4 Å². The van der Waals surface area contributed by atoms with E-state index in [1.54, 1.807) is 12.4 Å². The summed E-state index contributed by atoms with van der Waals surface area (Å²) in [7, 11) is 2.12. The summed E-state index contributed by atoms with van der Waals surface area (Å²) in [5, 5.41) is 13.3. The van der Waals surface area contributed by atoms with Crippen LogP contribution in [0.25, 0.3) is 5.65 Å². The first-order valence-electron chi connectivity index (χ1n) is 8.86. The molecule has 0 aliphatic carbocycles. The molecule has 136 valence electrons. The first kappa shape index (κ1) is 16.8. The predicted molar refractivity (Wildman–Crippen MR) is 99.0 cm³/mol. The van der Waals surface area contributed by atoms with Gasteiger partial charge in [-0.3, -0.25) is 4.90 Å². The molecule has 0 unspecified atom stereocenters. The number of hydrogen-bond donors (Lipinski definition) is 0. The summed E-state index contributed by atoms with van der Waals surface area (Å²) in [6.07, 6.45) is 3.57. The molecule has 4 heterocycles. The molecule has 0 saturated carbocycles. The van der Waals surface area contributed by atoms with Crippen molar-refractivity contribution < 1.29 is 0 Å². The van der Waals surface area contributed by atoms with E-state index >= 15 is 0 Å². The minimum atomic E-state index is -0.0988. The Morgan fingerprint density at radius 1 is 1.12 bits per heavy atom. The van der Waals surface area contributed by atoms with Crippen LogP contribution in [0.3, 0.4) is 0 Å². The first-order valence-corrected chi connectivity index (χ1v) is 8.86. The van der Waals surface area contributed by atoms with Gasteiger partial charge in [0.05, 0.1) is 6.54 Å². The standard InChI is InChI=1S/C18H24N8/c1-18(2,3)17-22-21-15-6-7-16(23-26(15)17)25-10-13(11-25)24(4)12-14-19-8-5-9-20-14/h5-9,13H,10-12H2,1-4H3. The number of rotatable bonds is 4. The average Bonchev–Trinajstić information content (AvgIpc) is 2.98. The van der Waals surface area contributed by atoms with Gasteiger partial charge in [0.25, 0.3) is 0 Å². The molecule has 3 aromatic heterocycles. The zero-order valence-corrected chi connectivity index (χ0v) is 15.7. The van der Waals surface area contributed by atoms with Crippen LogP contribution in [0.5, 0.6) is 0 Å². The van der Waals surface area contributed by atoms with Gasteiger partial charge in [-0.05, 0) is 25.2 Å². The quantitative estimate of drug-likeness (QED) is 0.705. The van der Waals surface area contributed by atoms with Gasteiger partial charge in [-0.1, -0.05) is 20.8 Å². The van der Waals surface area contributed by atoms with E-state index in [9.17, 15) is 0 Å². The topological polar surface area (TPSA) is 75.3 Å². The maximum absolute atomic E-state index is 4.78. The van der Waals surface area contributed by atoms with Crippen molar-refractivity contribution in [1.29, 1.82) is 0 Å². The molecule has 8 nitrogen and oxygen atoms in total. The van der Waals surface area contributed by atoms with Gasteiger partial charge in [-0.2, -0.15) is 4.52 Å². The highest BCUT2D eigenvalue weighted by Crippen LogP contribution is 2.24. The fourth-order valence-electron chi connectivity index (χ4n) is 3.10. The van der Waals surface area contributed by atoms with Crippen molar-refractivity contribution in [2.24, 2.45) is 0 Å². The van der Waals surface area contributed by atoms with E-state index in [-0.39, 0.29) is 5.41 Å². The Labute approximate surface area is 152 Å². The molecule has 1 saturated heterocycles. The second kappa shape index (κ2) is 6.28. The van der Waals surface area contributed by atoms with Crippen LogP contribution in [-0.4, -0.2) is 60.9 Å². The molecule has 1 aliphatic heterocycles. The lowest BCUT2D eigenvalue weighted by Crippen LogP contribution is -2.58. The molecule has 3 aromatic rings. The maximum atomic E-state index is 4.78. The summed E-state index contributed by atoms with van der Waals surface area (Å²) < 4.78 is 1.87. The first-order chi connectivity index (χ1) is 12.4. The molecular formula is C18H24N8. The minimum absolute atomic E-state index is 0.0988. The van der Waals surface area contributed by atoms with Crippen LogP contribution >= 0.6 is 0 Å². The lowest BCUT2D eigenvalue weighted by Gasteiger charge is -2.44. The predicted octanol–water partition coefficient (Wildman–Crippen LogP) is 1.53. The molecule has 8 heteroatoms. The van der Waals surface area contributed by atoms with Crippen molar-refractivity contribution in [3.05, 3.63) is 42.2 Å². The van der Waals surface area contributed by atoms with Gasteiger partial charge >= 0.3 is 0 Å². The van der Waals surface area contributed by atoms with E-state index < -0.39 is 0 Å². The molecule has 26 heavy (non-hydrogen) atoms. The van der Waals surface area contributed by atoms with Crippen LogP contribution in [0.15, 0.2) is 30.6 Å². The monoisotopic (exact) mass is 352 g/mol. The van der Waals surface area contributed by atoms with E-state index in [1.807, 2.05) is 22.7 Å². The number of aromatic nitrogens is 6. The molecule has 0 bridgehead atoms. The van der Waals surface area contributed by atoms with Gasteiger partial charge in [-0.25, -0.2) is 9.97 Å². The van der Waals surface area contributed by atoms with Crippen LogP contribution in [0, 0.1) is 0 Å².